The lowest BCUT2D eigenvalue weighted by molar-refractivity contribution is -0.0431. The molecule has 3 heteroatoms. The van der Waals surface area contributed by atoms with Crippen molar-refractivity contribution >= 4 is 15.9 Å². The van der Waals surface area contributed by atoms with Crippen molar-refractivity contribution in [3.63, 3.8) is 0 Å². The average molecular weight is 313 g/mol. The summed E-state index contributed by atoms with van der Waals surface area (Å²) in [4.78, 5) is 0. The van der Waals surface area contributed by atoms with Crippen molar-refractivity contribution in [1.29, 1.82) is 0 Å². The molecule has 1 saturated carbocycles. The Labute approximate surface area is 117 Å². The molecule has 100 valence electrons. The highest BCUT2D eigenvalue weighted by Gasteiger charge is 2.40. The van der Waals surface area contributed by atoms with Gasteiger partial charge in [0.05, 0.1) is 6.10 Å². The number of aliphatic hydroxyl groups is 1. The molecule has 1 atom stereocenters. The molecule has 0 amide bonds. The van der Waals surface area contributed by atoms with Gasteiger partial charge in [0.15, 0.2) is 0 Å². The molecular formula is C15H21BrO2. The van der Waals surface area contributed by atoms with E-state index in [1.807, 2.05) is 6.92 Å². The van der Waals surface area contributed by atoms with Gasteiger partial charge in [0.25, 0.3) is 0 Å². The lowest BCUT2D eigenvalue weighted by Crippen LogP contribution is -2.45. The Morgan fingerprint density at radius 2 is 1.89 bits per heavy atom. The Morgan fingerprint density at radius 1 is 1.33 bits per heavy atom. The van der Waals surface area contributed by atoms with Crippen LogP contribution in [0.1, 0.15) is 43.7 Å². The first kappa shape index (κ1) is 13.9. The zero-order valence-electron chi connectivity index (χ0n) is 11.3. The molecule has 0 heterocycles. The van der Waals surface area contributed by atoms with Crippen molar-refractivity contribution in [2.75, 3.05) is 0 Å². The number of hydrogen-bond donors (Lipinski definition) is 1. The number of aliphatic hydroxyl groups excluding tert-OH is 1. The quantitative estimate of drug-likeness (QED) is 0.905. The molecule has 0 aromatic heterocycles. The molecule has 0 spiro atoms. The molecule has 2 nitrogen and oxygen atoms in total. The van der Waals surface area contributed by atoms with Gasteiger partial charge in [0.2, 0.25) is 0 Å². The largest absolute Gasteiger partial charge is 0.487 e. The summed E-state index contributed by atoms with van der Waals surface area (Å²) in [7, 11) is 0. The molecular weight excluding hydrogens is 292 g/mol. The van der Waals surface area contributed by atoms with Crippen molar-refractivity contribution in [3.05, 3.63) is 27.7 Å². The minimum absolute atomic E-state index is 0.138. The molecule has 1 aromatic rings. The summed E-state index contributed by atoms with van der Waals surface area (Å²) in [5.41, 5.74) is 2.24. The average Bonchev–Trinajstić information content (AvgIpc) is 2.22. The number of hydrogen-bond acceptors (Lipinski definition) is 2. The maximum absolute atomic E-state index is 9.60. The number of rotatable bonds is 4. The van der Waals surface area contributed by atoms with Gasteiger partial charge in [-0.25, -0.2) is 0 Å². The predicted molar refractivity (Wildman–Crippen MR) is 77.1 cm³/mol. The Bertz CT molecular complexity index is 413. The summed E-state index contributed by atoms with van der Waals surface area (Å²) in [6.45, 7) is 5.99. The number of halogens is 1. The number of benzene rings is 1. The molecule has 0 aliphatic heterocycles. The standard InChI is InChI=1S/C15H21BrO2/c1-10-7-13(8-11(2)14(10)16)18-15(5-4-6-15)9-12(3)17/h7-8,12,17H,4-6,9H2,1-3H3. The highest BCUT2D eigenvalue weighted by Crippen LogP contribution is 2.41. The van der Waals surface area contributed by atoms with Crippen LogP contribution in [0, 0.1) is 13.8 Å². The fraction of sp³-hybridized carbons (Fsp3) is 0.600. The van der Waals surface area contributed by atoms with E-state index >= 15 is 0 Å². The molecule has 1 fully saturated rings. The Morgan fingerprint density at radius 3 is 2.28 bits per heavy atom. The van der Waals surface area contributed by atoms with Crippen LogP contribution >= 0.6 is 15.9 Å². The molecule has 1 aromatic carbocycles. The zero-order valence-corrected chi connectivity index (χ0v) is 12.9. The summed E-state index contributed by atoms with van der Waals surface area (Å²) in [6.07, 6.45) is 3.71. The van der Waals surface area contributed by atoms with E-state index in [9.17, 15) is 5.11 Å². The van der Waals surface area contributed by atoms with Crippen LogP contribution < -0.4 is 4.74 Å². The minimum atomic E-state index is -0.303. The predicted octanol–water partition coefficient (Wildman–Crippen LogP) is 4.14. The second-order valence-electron chi connectivity index (χ2n) is 5.56. The molecule has 1 unspecified atom stereocenters. The summed E-state index contributed by atoms with van der Waals surface area (Å²) in [5.74, 6) is 0.925. The zero-order chi connectivity index (χ0) is 13.3. The van der Waals surface area contributed by atoms with E-state index < -0.39 is 0 Å². The van der Waals surface area contributed by atoms with Gasteiger partial charge in [0.1, 0.15) is 11.4 Å². The highest BCUT2D eigenvalue weighted by molar-refractivity contribution is 9.10. The topological polar surface area (TPSA) is 29.5 Å². The third-order valence-corrected chi connectivity index (χ3v) is 4.93. The van der Waals surface area contributed by atoms with Crippen LogP contribution in [0.3, 0.4) is 0 Å². The fourth-order valence-electron chi connectivity index (χ4n) is 2.67. The van der Waals surface area contributed by atoms with E-state index in [1.54, 1.807) is 0 Å². The normalized spacial score (nSPS) is 19.2. The van der Waals surface area contributed by atoms with E-state index in [2.05, 4.69) is 41.9 Å². The SMILES string of the molecule is Cc1cc(OC2(CC(C)O)CCC2)cc(C)c1Br. The van der Waals surface area contributed by atoms with Gasteiger partial charge in [-0.3, -0.25) is 0 Å². The third-order valence-electron chi connectivity index (χ3n) is 3.68. The molecule has 0 saturated heterocycles. The lowest BCUT2D eigenvalue weighted by atomic mass is 9.76. The van der Waals surface area contributed by atoms with Crippen LogP contribution in [0.15, 0.2) is 16.6 Å². The van der Waals surface area contributed by atoms with E-state index in [4.69, 9.17) is 4.74 Å². The maximum Gasteiger partial charge on any atom is 0.120 e. The first-order chi connectivity index (χ1) is 8.42. The third kappa shape index (κ3) is 2.89. The summed E-state index contributed by atoms with van der Waals surface area (Å²) in [6, 6.07) is 4.14. The Hall–Kier alpha value is -0.540. The van der Waals surface area contributed by atoms with Gasteiger partial charge in [-0.15, -0.1) is 0 Å². The second kappa shape index (κ2) is 5.22. The van der Waals surface area contributed by atoms with E-state index in [1.165, 1.54) is 17.5 Å². The van der Waals surface area contributed by atoms with Crippen molar-refractivity contribution in [2.24, 2.45) is 0 Å². The molecule has 0 bridgehead atoms. The van der Waals surface area contributed by atoms with Gasteiger partial charge < -0.3 is 9.84 Å². The Balaban J connectivity index is 2.17. The van der Waals surface area contributed by atoms with Gasteiger partial charge in [-0.1, -0.05) is 15.9 Å². The van der Waals surface area contributed by atoms with Crippen LogP contribution in [0.4, 0.5) is 0 Å². The van der Waals surface area contributed by atoms with Crippen LogP contribution in [0.2, 0.25) is 0 Å². The van der Waals surface area contributed by atoms with E-state index in [-0.39, 0.29) is 11.7 Å². The first-order valence-corrected chi connectivity index (χ1v) is 7.35. The lowest BCUT2D eigenvalue weighted by Gasteiger charge is -2.43. The van der Waals surface area contributed by atoms with Crippen LogP contribution in [0.25, 0.3) is 0 Å². The van der Waals surface area contributed by atoms with Crippen LogP contribution in [-0.2, 0) is 0 Å². The smallest absolute Gasteiger partial charge is 0.120 e. The van der Waals surface area contributed by atoms with E-state index in [0.29, 0.717) is 0 Å². The molecule has 2 rings (SSSR count). The van der Waals surface area contributed by atoms with Gasteiger partial charge in [0, 0.05) is 10.9 Å². The molecule has 1 aliphatic carbocycles. The van der Waals surface area contributed by atoms with E-state index in [0.717, 1.165) is 29.5 Å². The van der Waals surface area contributed by atoms with Crippen molar-refractivity contribution in [1.82, 2.24) is 0 Å². The molecule has 1 aliphatic rings. The van der Waals surface area contributed by atoms with Gasteiger partial charge >= 0.3 is 0 Å². The minimum Gasteiger partial charge on any atom is -0.487 e. The number of aryl methyl sites for hydroxylation is 2. The summed E-state index contributed by atoms with van der Waals surface area (Å²) < 4.78 is 7.33. The monoisotopic (exact) mass is 312 g/mol. The van der Waals surface area contributed by atoms with Crippen molar-refractivity contribution < 1.29 is 9.84 Å². The maximum atomic E-state index is 9.60. The summed E-state index contributed by atoms with van der Waals surface area (Å²) in [5, 5.41) is 9.60. The number of ether oxygens (including phenoxy) is 1. The van der Waals surface area contributed by atoms with Crippen molar-refractivity contribution in [3.8, 4) is 5.75 Å². The van der Waals surface area contributed by atoms with Crippen LogP contribution in [0.5, 0.6) is 5.75 Å². The molecule has 1 N–H and O–H groups in total. The second-order valence-corrected chi connectivity index (χ2v) is 6.36. The Kier molecular flexibility index (Phi) is 4.02. The van der Waals surface area contributed by atoms with Crippen LogP contribution in [-0.4, -0.2) is 16.8 Å². The molecule has 0 radical (unpaired) electrons. The highest BCUT2D eigenvalue weighted by atomic mass is 79.9. The summed E-state index contributed by atoms with van der Waals surface area (Å²) >= 11 is 3.57. The van der Waals surface area contributed by atoms with Gasteiger partial charge in [-0.05, 0) is 63.3 Å². The first-order valence-electron chi connectivity index (χ1n) is 6.56. The van der Waals surface area contributed by atoms with Crippen molar-refractivity contribution in [2.45, 2.75) is 58.2 Å². The van der Waals surface area contributed by atoms with Gasteiger partial charge in [-0.2, -0.15) is 0 Å². The fourth-order valence-corrected chi connectivity index (χ4v) is 2.90. The molecule has 18 heavy (non-hydrogen) atoms.